The number of carbonyl (C=O) groups is 1. The Morgan fingerprint density at radius 2 is 2.30 bits per heavy atom. The van der Waals surface area contributed by atoms with Crippen molar-refractivity contribution in [3.05, 3.63) is 29.7 Å². The van der Waals surface area contributed by atoms with Gasteiger partial charge in [0.1, 0.15) is 30.2 Å². The highest BCUT2D eigenvalue weighted by atomic mass is 16.5. The molecule has 0 aliphatic carbocycles. The number of nitrogens with zero attached hydrogens (tertiary/aromatic N) is 3. The lowest BCUT2D eigenvalue weighted by Crippen LogP contribution is -2.28. The molecule has 0 saturated heterocycles. The summed E-state index contributed by atoms with van der Waals surface area (Å²) in [5.41, 5.74) is 5.30. The number of hydrogen-bond acceptors (Lipinski definition) is 6. The first-order chi connectivity index (χ1) is 10.8. The fourth-order valence-corrected chi connectivity index (χ4v) is 1.92. The summed E-state index contributed by atoms with van der Waals surface area (Å²) in [7, 11) is 0. The van der Waals surface area contributed by atoms with Gasteiger partial charge < -0.3 is 20.6 Å². The topological polar surface area (TPSA) is 138 Å². The lowest BCUT2D eigenvalue weighted by molar-refractivity contribution is -0.114. The second kappa shape index (κ2) is 6.46. The first-order valence-corrected chi connectivity index (χ1v) is 6.88. The van der Waals surface area contributed by atoms with E-state index in [2.05, 4.69) is 15.0 Å². The molecule has 0 atom stereocenters. The van der Waals surface area contributed by atoms with Crippen LogP contribution in [0, 0.1) is 11.3 Å². The molecule has 0 spiro atoms. The van der Waals surface area contributed by atoms with Crippen LogP contribution in [-0.4, -0.2) is 38.2 Å². The van der Waals surface area contributed by atoms with Crippen molar-refractivity contribution in [3.63, 3.8) is 0 Å². The number of nitrogens with two attached hydrogens (primary N) is 1. The zero-order chi connectivity index (χ0) is 17.0. The van der Waals surface area contributed by atoms with Crippen molar-refractivity contribution in [2.24, 2.45) is 5.73 Å². The van der Waals surface area contributed by atoms with Gasteiger partial charge in [-0.25, -0.2) is 9.97 Å². The molecule has 8 nitrogen and oxygen atoms in total. The van der Waals surface area contributed by atoms with Crippen LogP contribution < -0.4 is 10.5 Å². The largest absolute Gasteiger partial charge is 0.474 e. The van der Waals surface area contributed by atoms with Gasteiger partial charge in [0, 0.05) is 6.20 Å². The molecule has 2 heterocycles. The van der Waals surface area contributed by atoms with E-state index in [1.165, 1.54) is 12.4 Å². The van der Waals surface area contributed by atoms with Crippen molar-refractivity contribution >= 4 is 16.9 Å². The summed E-state index contributed by atoms with van der Waals surface area (Å²) in [6, 6.07) is 1.75. The molecule has 0 aliphatic heterocycles. The Hall–Kier alpha value is -2.92. The van der Waals surface area contributed by atoms with E-state index in [-0.39, 0.29) is 18.6 Å². The van der Waals surface area contributed by atoms with E-state index in [0.29, 0.717) is 16.9 Å². The van der Waals surface area contributed by atoms with Gasteiger partial charge in [0.05, 0.1) is 11.0 Å². The third-order valence-corrected chi connectivity index (χ3v) is 2.99. The summed E-state index contributed by atoms with van der Waals surface area (Å²) >= 11 is 0. The number of rotatable bonds is 6. The Balaban J connectivity index is 2.35. The number of H-pyrrole nitrogens is 1. The molecule has 23 heavy (non-hydrogen) atoms. The average Bonchev–Trinajstić information content (AvgIpc) is 2.88. The van der Waals surface area contributed by atoms with Gasteiger partial charge >= 0.3 is 0 Å². The third kappa shape index (κ3) is 4.05. The Bertz CT molecular complexity index is 796. The van der Waals surface area contributed by atoms with Crippen molar-refractivity contribution in [2.45, 2.75) is 25.9 Å². The van der Waals surface area contributed by atoms with Crippen molar-refractivity contribution in [2.75, 3.05) is 6.61 Å². The Kier molecular flexibility index (Phi) is 4.62. The van der Waals surface area contributed by atoms with E-state index in [9.17, 15) is 9.90 Å². The molecular formula is C15H17N5O3. The summed E-state index contributed by atoms with van der Waals surface area (Å²) in [6.07, 6.45) is 4.78. The minimum atomic E-state index is -1.01. The monoisotopic (exact) mass is 315 g/mol. The zero-order valence-corrected chi connectivity index (χ0v) is 12.8. The number of allylic oxidation sites excluding steroid dienone is 1. The molecule has 4 N–H and O–H groups in total. The van der Waals surface area contributed by atoms with Crippen LogP contribution >= 0.6 is 0 Å². The van der Waals surface area contributed by atoms with E-state index in [0.717, 1.165) is 5.56 Å². The number of fused-ring (bicyclic) bond motifs is 1. The number of carbonyl (C=O) groups excluding carboxylic acids is 1. The fraction of sp³-hybridized carbons (Fsp3) is 0.333. The molecule has 0 aromatic carbocycles. The van der Waals surface area contributed by atoms with Gasteiger partial charge in [-0.2, -0.15) is 5.26 Å². The molecule has 0 bridgehead atoms. The van der Waals surface area contributed by atoms with E-state index >= 15 is 0 Å². The van der Waals surface area contributed by atoms with Crippen LogP contribution in [0.5, 0.6) is 5.88 Å². The maximum atomic E-state index is 11.1. The van der Waals surface area contributed by atoms with Crippen molar-refractivity contribution in [1.29, 1.82) is 5.26 Å². The van der Waals surface area contributed by atoms with E-state index < -0.39 is 11.5 Å². The van der Waals surface area contributed by atoms with Gasteiger partial charge in [0.15, 0.2) is 0 Å². The van der Waals surface area contributed by atoms with Gasteiger partial charge in [-0.1, -0.05) is 6.08 Å². The Labute approximate surface area is 132 Å². The van der Waals surface area contributed by atoms with E-state index in [1.54, 1.807) is 26.1 Å². The smallest absolute Gasteiger partial charge is 0.259 e. The highest BCUT2D eigenvalue weighted by Crippen LogP contribution is 2.26. The molecule has 2 aromatic heterocycles. The molecule has 0 aliphatic rings. The van der Waals surface area contributed by atoms with Gasteiger partial charge in [-0.15, -0.1) is 0 Å². The first kappa shape index (κ1) is 16.5. The maximum Gasteiger partial charge on any atom is 0.259 e. The average molecular weight is 315 g/mol. The second-order valence-corrected chi connectivity index (χ2v) is 5.62. The number of primary amides is 1. The van der Waals surface area contributed by atoms with Gasteiger partial charge in [0.2, 0.25) is 5.88 Å². The maximum absolute atomic E-state index is 11.1. The normalized spacial score (nSPS) is 12.2. The van der Waals surface area contributed by atoms with Crippen LogP contribution in [-0.2, 0) is 11.2 Å². The Morgan fingerprint density at radius 3 is 2.91 bits per heavy atom. The highest BCUT2D eigenvalue weighted by molar-refractivity contribution is 5.96. The zero-order valence-electron chi connectivity index (χ0n) is 12.8. The molecule has 120 valence electrons. The van der Waals surface area contributed by atoms with Crippen LogP contribution in [0.15, 0.2) is 24.2 Å². The molecule has 0 fully saturated rings. The van der Waals surface area contributed by atoms with Crippen molar-refractivity contribution in [1.82, 2.24) is 15.0 Å². The minimum absolute atomic E-state index is 0.0598. The molecule has 0 saturated carbocycles. The standard InChI is InChI=1S/C15H17N5O3/c1-15(2,22)7-23-14-11-10(4-3-9(5-16)12(17)21)6-18-13(11)19-8-20-14/h3,6,8,22H,4,7H2,1-2H3,(H2,17,21)(H,18,19,20)/b9-3+. The number of ether oxygens (including phenoxy) is 1. The summed E-state index contributed by atoms with van der Waals surface area (Å²) < 4.78 is 5.56. The molecule has 1 amide bonds. The lowest BCUT2D eigenvalue weighted by atomic mass is 10.1. The van der Waals surface area contributed by atoms with Crippen LogP contribution in [0.3, 0.4) is 0 Å². The SMILES string of the molecule is CC(C)(O)COc1ncnc2[nH]cc(C/C=C(\C#N)C(N)=O)c12. The number of nitriles is 1. The molecule has 0 radical (unpaired) electrons. The van der Waals surface area contributed by atoms with E-state index in [1.807, 2.05) is 0 Å². The third-order valence-electron chi connectivity index (χ3n) is 2.99. The van der Waals surface area contributed by atoms with Crippen LogP contribution in [0.1, 0.15) is 19.4 Å². The first-order valence-electron chi connectivity index (χ1n) is 6.88. The van der Waals surface area contributed by atoms with Crippen LogP contribution in [0.2, 0.25) is 0 Å². The van der Waals surface area contributed by atoms with Gasteiger partial charge in [-0.05, 0) is 25.8 Å². The van der Waals surface area contributed by atoms with Crippen molar-refractivity contribution in [3.8, 4) is 11.9 Å². The van der Waals surface area contributed by atoms with Gasteiger partial charge in [-0.3, -0.25) is 4.79 Å². The Morgan fingerprint density at radius 1 is 1.57 bits per heavy atom. The van der Waals surface area contributed by atoms with Crippen LogP contribution in [0.25, 0.3) is 11.0 Å². The van der Waals surface area contributed by atoms with Crippen LogP contribution in [0.4, 0.5) is 0 Å². The fourth-order valence-electron chi connectivity index (χ4n) is 1.92. The predicted molar refractivity (Wildman–Crippen MR) is 82.3 cm³/mol. The predicted octanol–water partition coefficient (Wildman–Crippen LogP) is 0.585. The van der Waals surface area contributed by atoms with E-state index in [4.69, 9.17) is 15.7 Å². The molecule has 8 heteroatoms. The summed E-state index contributed by atoms with van der Waals surface area (Å²) in [6.45, 7) is 3.31. The summed E-state index contributed by atoms with van der Waals surface area (Å²) in [4.78, 5) is 22.2. The molecular weight excluding hydrogens is 298 g/mol. The number of aromatic nitrogens is 3. The summed E-state index contributed by atoms with van der Waals surface area (Å²) in [5, 5.41) is 19.3. The molecule has 2 aromatic rings. The molecule has 2 rings (SSSR count). The number of nitrogens with one attached hydrogen (secondary N) is 1. The number of aromatic amines is 1. The highest BCUT2D eigenvalue weighted by Gasteiger charge is 2.17. The summed E-state index contributed by atoms with van der Waals surface area (Å²) in [5.74, 6) is -0.457. The quantitative estimate of drug-likeness (QED) is 0.526. The number of hydrogen-bond donors (Lipinski definition) is 3. The lowest BCUT2D eigenvalue weighted by Gasteiger charge is -2.17. The number of amides is 1. The molecule has 0 unspecified atom stereocenters. The van der Waals surface area contributed by atoms with Crippen molar-refractivity contribution < 1.29 is 14.6 Å². The van der Waals surface area contributed by atoms with Gasteiger partial charge in [0.25, 0.3) is 5.91 Å². The second-order valence-electron chi connectivity index (χ2n) is 5.62. The minimum Gasteiger partial charge on any atom is -0.474 e. The number of aliphatic hydroxyl groups is 1.